The summed E-state index contributed by atoms with van der Waals surface area (Å²) in [6.45, 7) is 5.87. The molecular formula is C17H24FNO4S. The molecule has 1 atom stereocenters. The third-order valence-electron chi connectivity index (χ3n) is 3.00. The molecule has 0 aliphatic heterocycles. The van der Waals surface area contributed by atoms with Crippen molar-refractivity contribution in [1.29, 1.82) is 0 Å². The predicted molar refractivity (Wildman–Crippen MR) is 91.6 cm³/mol. The van der Waals surface area contributed by atoms with E-state index in [0.717, 1.165) is 0 Å². The van der Waals surface area contributed by atoms with Crippen LogP contribution in [0.5, 0.6) is 0 Å². The first-order chi connectivity index (χ1) is 11.2. The second kappa shape index (κ2) is 9.64. The highest BCUT2D eigenvalue weighted by molar-refractivity contribution is 7.99. The zero-order valence-corrected chi connectivity index (χ0v) is 15.0. The van der Waals surface area contributed by atoms with Gasteiger partial charge in [-0.15, -0.1) is 11.8 Å². The molecule has 2 N–H and O–H groups in total. The predicted octanol–water partition coefficient (Wildman–Crippen LogP) is 3.08. The highest BCUT2D eigenvalue weighted by Crippen LogP contribution is 2.21. The Labute approximate surface area is 146 Å². The lowest BCUT2D eigenvalue weighted by atomic mass is 10.1. The van der Waals surface area contributed by atoms with Crippen molar-refractivity contribution >= 4 is 23.6 Å². The fourth-order valence-corrected chi connectivity index (χ4v) is 2.71. The maximum Gasteiger partial charge on any atom is 0.326 e. The van der Waals surface area contributed by atoms with E-state index < -0.39 is 12.0 Å². The Hall–Kier alpha value is -1.60. The van der Waals surface area contributed by atoms with Gasteiger partial charge in [0.05, 0.1) is 5.60 Å². The maximum absolute atomic E-state index is 13.5. The van der Waals surface area contributed by atoms with Gasteiger partial charge in [0.15, 0.2) is 0 Å². The van der Waals surface area contributed by atoms with Gasteiger partial charge in [-0.25, -0.2) is 9.18 Å². The number of hydrogen-bond donors (Lipinski definition) is 2. The second-order valence-electron chi connectivity index (χ2n) is 6.24. The Bertz CT molecular complexity index is 560. The molecule has 134 valence electrons. The molecule has 0 aliphatic rings. The van der Waals surface area contributed by atoms with E-state index in [1.165, 1.54) is 17.8 Å². The fraction of sp³-hybridized carbons (Fsp3) is 0.529. The molecule has 0 radical (unpaired) electrons. The molecule has 0 bridgehead atoms. The number of aliphatic carboxylic acids is 1. The number of carbonyl (C=O) groups is 2. The van der Waals surface area contributed by atoms with Crippen molar-refractivity contribution < 1.29 is 23.8 Å². The van der Waals surface area contributed by atoms with Gasteiger partial charge < -0.3 is 15.2 Å². The van der Waals surface area contributed by atoms with Gasteiger partial charge in [0.1, 0.15) is 11.9 Å². The summed E-state index contributed by atoms with van der Waals surface area (Å²) in [6, 6.07) is 5.34. The number of carboxylic acid groups (broad SMARTS) is 1. The van der Waals surface area contributed by atoms with Crippen LogP contribution in [0.15, 0.2) is 29.2 Å². The summed E-state index contributed by atoms with van der Waals surface area (Å²) in [6.07, 6.45) is 0.307. The van der Waals surface area contributed by atoms with E-state index >= 15 is 0 Å². The number of carboxylic acids is 1. The lowest BCUT2D eigenvalue weighted by Gasteiger charge is -2.21. The van der Waals surface area contributed by atoms with Gasteiger partial charge in [0.2, 0.25) is 5.91 Å². The van der Waals surface area contributed by atoms with Crippen molar-refractivity contribution in [3.05, 3.63) is 30.1 Å². The van der Waals surface area contributed by atoms with Crippen LogP contribution < -0.4 is 5.32 Å². The van der Waals surface area contributed by atoms with E-state index in [1.807, 2.05) is 20.8 Å². The van der Waals surface area contributed by atoms with E-state index in [4.69, 9.17) is 9.84 Å². The SMILES string of the molecule is CC(C)(C)OCCC(NC(=O)CCSc1ccccc1F)C(=O)O. The second-order valence-corrected chi connectivity index (χ2v) is 7.37. The first kappa shape index (κ1) is 20.4. The molecule has 0 heterocycles. The smallest absolute Gasteiger partial charge is 0.326 e. The van der Waals surface area contributed by atoms with Gasteiger partial charge in [-0.2, -0.15) is 0 Å². The molecule has 0 spiro atoms. The molecule has 0 saturated carbocycles. The van der Waals surface area contributed by atoms with Crippen molar-refractivity contribution in [3.8, 4) is 0 Å². The molecule has 0 saturated heterocycles. The maximum atomic E-state index is 13.5. The van der Waals surface area contributed by atoms with Gasteiger partial charge in [0.25, 0.3) is 0 Å². The van der Waals surface area contributed by atoms with Gasteiger partial charge in [-0.3, -0.25) is 4.79 Å². The van der Waals surface area contributed by atoms with Gasteiger partial charge in [-0.05, 0) is 32.9 Å². The topological polar surface area (TPSA) is 75.6 Å². The highest BCUT2D eigenvalue weighted by atomic mass is 32.2. The normalized spacial score (nSPS) is 12.7. The van der Waals surface area contributed by atoms with Crippen molar-refractivity contribution in [3.63, 3.8) is 0 Å². The Balaban J connectivity index is 2.37. The molecule has 1 unspecified atom stereocenters. The van der Waals surface area contributed by atoms with Crippen LogP contribution in [0.25, 0.3) is 0 Å². The van der Waals surface area contributed by atoms with Crippen molar-refractivity contribution in [2.75, 3.05) is 12.4 Å². The first-order valence-corrected chi connectivity index (χ1v) is 8.71. The average molecular weight is 357 g/mol. The molecule has 5 nitrogen and oxygen atoms in total. The number of thioether (sulfide) groups is 1. The van der Waals surface area contributed by atoms with Crippen LogP contribution in [0.2, 0.25) is 0 Å². The number of rotatable bonds is 9. The molecule has 24 heavy (non-hydrogen) atoms. The van der Waals surface area contributed by atoms with Crippen LogP contribution >= 0.6 is 11.8 Å². The van der Waals surface area contributed by atoms with E-state index in [-0.39, 0.29) is 36.8 Å². The van der Waals surface area contributed by atoms with Crippen LogP contribution in [-0.4, -0.2) is 41.0 Å². The van der Waals surface area contributed by atoms with Gasteiger partial charge in [-0.1, -0.05) is 12.1 Å². The molecule has 0 aromatic heterocycles. The van der Waals surface area contributed by atoms with Crippen LogP contribution in [0.4, 0.5) is 4.39 Å². The zero-order valence-electron chi connectivity index (χ0n) is 14.2. The lowest BCUT2D eigenvalue weighted by Crippen LogP contribution is -2.42. The van der Waals surface area contributed by atoms with E-state index in [9.17, 15) is 14.0 Å². The average Bonchev–Trinajstić information content (AvgIpc) is 2.47. The van der Waals surface area contributed by atoms with E-state index in [2.05, 4.69) is 5.32 Å². The number of carbonyl (C=O) groups excluding carboxylic acids is 1. The molecule has 1 aromatic carbocycles. The number of benzene rings is 1. The summed E-state index contributed by atoms with van der Waals surface area (Å²) < 4.78 is 18.9. The Morgan fingerprint density at radius 1 is 1.33 bits per heavy atom. The van der Waals surface area contributed by atoms with E-state index in [1.54, 1.807) is 18.2 Å². The third kappa shape index (κ3) is 8.31. The quantitative estimate of drug-likeness (QED) is 0.664. The Morgan fingerprint density at radius 3 is 2.58 bits per heavy atom. The minimum atomic E-state index is -1.09. The Kier molecular flexibility index (Phi) is 8.21. The van der Waals surface area contributed by atoms with Crippen molar-refractivity contribution in [2.24, 2.45) is 0 Å². The lowest BCUT2D eigenvalue weighted by molar-refractivity contribution is -0.142. The van der Waals surface area contributed by atoms with Gasteiger partial charge in [0, 0.05) is 30.1 Å². The summed E-state index contributed by atoms with van der Waals surface area (Å²) in [7, 11) is 0. The molecule has 1 amide bonds. The zero-order chi connectivity index (χ0) is 18.2. The summed E-state index contributed by atoms with van der Waals surface area (Å²) >= 11 is 1.22. The summed E-state index contributed by atoms with van der Waals surface area (Å²) in [4.78, 5) is 23.5. The minimum absolute atomic E-state index is 0.114. The van der Waals surface area contributed by atoms with Crippen molar-refractivity contribution in [2.45, 2.75) is 50.2 Å². The van der Waals surface area contributed by atoms with Crippen LogP contribution in [0.1, 0.15) is 33.6 Å². The monoisotopic (exact) mass is 357 g/mol. The van der Waals surface area contributed by atoms with E-state index in [0.29, 0.717) is 10.6 Å². The van der Waals surface area contributed by atoms with Crippen LogP contribution in [0.3, 0.4) is 0 Å². The molecule has 7 heteroatoms. The molecule has 0 fully saturated rings. The molecule has 0 aliphatic carbocycles. The number of amides is 1. The first-order valence-electron chi connectivity index (χ1n) is 7.72. The fourth-order valence-electron chi connectivity index (χ4n) is 1.82. The summed E-state index contributed by atoms with van der Waals surface area (Å²) in [5.41, 5.74) is -0.358. The number of hydrogen-bond acceptors (Lipinski definition) is 4. The standard InChI is InChI=1S/C17H24FNO4S/c1-17(2,3)23-10-8-13(16(21)22)19-15(20)9-11-24-14-7-5-4-6-12(14)18/h4-7,13H,8-11H2,1-3H3,(H,19,20)(H,21,22). The van der Waals surface area contributed by atoms with Crippen LogP contribution in [0, 0.1) is 5.82 Å². The minimum Gasteiger partial charge on any atom is -0.480 e. The summed E-state index contributed by atoms with van der Waals surface area (Å²) in [5, 5.41) is 11.6. The van der Waals surface area contributed by atoms with Gasteiger partial charge >= 0.3 is 5.97 Å². The Morgan fingerprint density at radius 2 is 2.00 bits per heavy atom. The summed E-state index contributed by atoms with van der Waals surface area (Å²) in [5.74, 6) is -1.42. The number of nitrogens with one attached hydrogen (secondary N) is 1. The number of halogens is 1. The molecular weight excluding hydrogens is 333 g/mol. The molecule has 1 aromatic rings. The molecule has 1 rings (SSSR count). The van der Waals surface area contributed by atoms with Crippen molar-refractivity contribution in [1.82, 2.24) is 5.32 Å². The largest absolute Gasteiger partial charge is 0.480 e. The third-order valence-corrected chi connectivity index (χ3v) is 4.05. The van der Waals surface area contributed by atoms with Crippen LogP contribution in [-0.2, 0) is 14.3 Å². The number of ether oxygens (including phenoxy) is 1. The highest BCUT2D eigenvalue weighted by Gasteiger charge is 2.21.